The van der Waals surface area contributed by atoms with Crippen LogP contribution in [0.1, 0.15) is 20.3 Å². The SMILES string of the molecule is C=CCOC(=O)C(CC)(C(C)=O)C(F)(F)F. The molecule has 0 aromatic heterocycles. The maximum absolute atomic E-state index is 12.8. The first kappa shape index (κ1) is 14.7. The first-order chi connectivity index (χ1) is 7.24. The molecule has 0 heterocycles. The number of hydrogen-bond donors (Lipinski definition) is 0. The minimum absolute atomic E-state index is 0.357. The van der Waals surface area contributed by atoms with Crippen LogP contribution in [0, 0.1) is 5.41 Å². The van der Waals surface area contributed by atoms with Gasteiger partial charge in [0.2, 0.25) is 5.41 Å². The molecule has 0 aliphatic rings. The Morgan fingerprint density at radius 3 is 2.12 bits per heavy atom. The Bertz CT molecular complexity index is 296. The molecule has 0 fully saturated rings. The Balaban J connectivity index is 5.30. The van der Waals surface area contributed by atoms with E-state index in [1.54, 1.807) is 0 Å². The van der Waals surface area contributed by atoms with Gasteiger partial charge in [0.05, 0.1) is 0 Å². The Hall–Kier alpha value is -1.33. The van der Waals surface area contributed by atoms with Crippen molar-refractivity contribution >= 4 is 11.8 Å². The Labute approximate surface area is 91.3 Å². The van der Waals surface area contributed by atoms with Crippen LogP contribution in [-0.2, 0) is 14.3 Å². The van der Waals surface area contributed by atoms with Crippen LogP contribution in [0.15, 0.2) is 12.7 Å². The van der Waals surface area contributed by atoms with E-state index in [0.29, 0.717) is 0 Å². The molecule has 3 nitrogen and oxygen atoms in total. The summed E-state index contributed by atoms with van der Waals surface area (Å²) in [6.45, 7) is 4.69. The summed E-state index contributed by atoms with van der Waals surface area (Å²) < 4.78 is 42.6. The molecule has 0 rings (SSSR count). The highest BCUT2D eigenvalue weighted by Crippen LogP contribution is 2.43. The van der Waals surface area contributed by atoms with Crippen LogP contribution in [0.2, 0.25) is 0 Å². The monoisotopic (exact) mass is 238 g/mol. The first-order valence-electron chi connectivity index (χ1n) is 4.60. The molecule has 0 bridgehead atoms. The number of ketones is 1. The van der Waals surface area contributed by atoms with Gasteiger partial charge in [-0.05, 0) is 13.3 Å². The molecule has 0 saturated heterocycles. The molecule has 0 N–H and O–H groups in total. The zero-order valence-electron chi connectivity index (χ0n) is 9.06. The molecule has 16 heavy (non-hydrogen) atoms. The Morgan fingerprint density at radius 2 is 1.88 bits per heavy atom. The predicted molar refractivity (Wildman–Crippen MR) is 50.6 cm³/mol. The van der Waals surface area contributed by atoms with Gasteiger partial charge in [-0.15, -0.1) is 0 Å². The van der Waals surface area contributed by atoms with Gasteiger partial charge in [-0.2, -0.15) is 13.2 Å². The van der Waals surface area contributed by atoms with E-state index in [9.17, 15) is 22.8 Å². The molecule has 1 unspecified atom stereocenters. The largest absolute Gasteiger partial charge is 0.460 e. The summed E-state index contributed by atoms with van der Waals surface area (Å²) in [5, 5.41) is 0. The quantitative estimate of drug-likeness (QED) is 0.419. The summed E-state index contributed by atoms with van der Waals surface area (Å²) in [4.78, 5) is 22.4. The Kier molecular flexibility index (Phi) is 4.71. The summed E-state index contributed by atoms with van der Waals surface area (Å²) in [6, 6.07) is 0. The maximum atomic E-state index is 12.8. The number of ether oxygens (including phenoxy) is 1. The summed E-state index contributed by atoms with van der Waals surface area (Å²) in [5.74, 6) is -2.84. The molecule has 0 saturated carbocycles. The second-order valence-corrected chi connectivity index (χ2v) is 3.20. The Morgan fingerprint density at radius 1 is 1.38 bits per heavy atom. The van der Waals surface area contributed by atoms with Crippen molar-refractivity contribution in [3.05, 3.63) is 12.7 Å². The number of esters is 1. The van der Waals surface area contributed by atoms with Gasteiger partial charge in [-0.3, -0.25) is 9.59 Å². The summed E-state index contributed by atoms with van der Waals surface area (Å²) in [6.07, 6.45) is -4.50. The molecule has 6 heteroatoms. The van der Waals surface area contributed by atoms with Crippen LogP contribution in [0.4, 0.5) is 13.2 Å². The van der Waals surface area contributed by atoms with Crippen molar-refractivity contribution in [1.82, 2.24) is 0 Å². The zero-order valence-corrected chi connectivity index (χ0v) is 9.06. The lowest BCUT2D eigenvalue weighted by Crippen LogP contribution is -2.50. The first-order valence-corrected chi connectivity index (χ1v) is 4.60. The van der Waals surface area contributed by atoms with E-state index < -0.39 is 29.8 Å². The molecule has 0 aliphatic carbocycles. The lowest BCUT2D eigenvalue weighted by atomic mass is 9.80. The van der Waals surface area contributed by atoms with Gasteiger partial charge < -0.3 is 4.74 Å². The third-order valence-corrected chi connectivity index (χ3v) is 2.30. The van der Waals surface area contributed by atoms with E-state index in [1.807, 2.05) is 0 Å². The van der Waals surface area contributed by atoms with Gasteiger partial charge in [0.15, 0.2) is 5.78 Å². The van der Waals surface area contributed by atoms with Crippen molar-refractivity contribution in [2.24, 2.45) is 5.41 Å². The molecule has 0 spiro atoms. The summed E-state index contributed by atoms with van der Waals surface area (Å²) in [7, 11) is 0. The average molecular weight is 238 g/mol. The van der Waals surface area contributed by atoms with Gasteiger partial charge >= 0.3 is 12.1 Å². The molecular weight excluding hydrogens is 225 g/mol. The highest BCUT2D eigenvalue weighted by atomic mass is 19.4. The molecule has 1 atom stereocenters. The zero-order chi connectivity index (χ0) is 13.0. The fraction of sp³-hybridized carbons (Fsp3) is 0.600. The van der Waals surface area contributed by atoms with E-state index in [4.69, 9.17) is 0 Å². The van der Waals surface area contributed by atoms with Crippen LogP contribution in [0.5, 0.6) is 0 Å². The van der Waals surface area contributed by atoms with E-state index in [1.165, 1.54) is 0 Å². The minimum Gasteiger partial charge on any atom is -0.460 e. The number of carbonyl (C=O) groups excluding carboxylic acids is 2. The lowest BCUT2D eigenvalue weighted by molar-refractivity contribution is -0.229. The van der Waals surface area contributed by atoms with Gasteiger partial charge in [0.25, 0.3) is 0 Å². The van der Waals surface area contributed by atoms with Gasteiger partial charge in [-0.1, -0.05) is 19.6 Å². The normalized spacial score (nSPS) is 15.1. The van der Waals surface area contributed by atoms with Crippen molar-refractivity contribution in [2.75, 3.05) is 6.61 Å². The molecule has 0 aliphatic heterocycles. The van der Waals surface area contributed by atoms with E-state index in [2.05, 4.69) is 11.3 Å². The van der Waals surface area contributed by atoms with Gasteiger partial charge in [0, 0.05) is 0 Å². The van der Waals surface area contributed by atoms with Crippen molar-refractivity contribution < 1.29 is 27.5 Å². The lowest BCUT2D eigenvalue weighted by Gasteiger charge is -2.29. The van der Waals surface area contributed by atoms with Crippen LogP contribution < -0.4 is 0 Å². The fourth-order valence-electron chi connectivity index (χ4n) is 1.31. The van der Waals surface area contributed by atoms with E-state index in [0.717, 1.165) is 19.9 Å². The van der Waals surface area contributed by atoms with Crippen LogP contribution in [0.25, 0.3) is 0 Å². The molecule has 0 aromatic carbocycles. The number of alkyl halides is 3. The number of hydrogen-bond acceptors (Lipinski definition) is 3. The van der Waals surface area contributed by atoms with Gasteiger partial charge in [-0.25, -0.2) is 0 Å². The number of rotatable bonds is 5. The molecular formula is C10H13F3O3. The number of carbonyl (C=O) groups is 2. The third kappa shape index (κ3) is 2.43. The van der Waals surface area contributed by atoms with Crippen LogP contribution in [0.3, 0.4) is 0 Å². The standard InChI is InChI=1S/C10H13F3O3/c1-4-6-16-8(15)9(5-2,7(3)14)10(11,12)13/h4H,1,5-6H2,2-3H3. The second kappa shape index (κ2) is 5.14. The number of Topliss-reactive ketones (excluding diaryl/α,β-unsaturated/α-hetero) is 1. The molecule has 92 valence electrons. The fourth-order valence-corrected chi connectivity index (χ4v) is 1.31. The molecule has 0 amide bonds. The number of halogens is 3. The smallest absolute Gasteiger partial charge is 0.411 e. The summed E-state index contributed by atoms with van der Waals surface area (Å²) in [5.41, 5.74) is -3.06. The van der Waals surface area contributed by atoms with Crippen LogP contribution in [-0.4, -0.2) is 24.5 Å². The predicted octanol–water partition coefficient (Wildman–Crippen LogP) is 2.26. The van der Waals surface area contributed by atoms with Gasteiger partial charge in [0.1, 0.15) is 6.61 Å². The van der Waals surface area contributed by atoms with Crippen molar-refractivity contribution in [3.8, 4) is 0 Å². The van der Waals surface area contributed by atoms with E-state index >= 15 is 0 Å². The summed E-state index contributed by atoms with van der Waals surface area (Å²) >= 11 is 0. The maximum Gasteiger partial charge on any atom is 0.411 e. The van der Waals surface area contributed by atoms with Crippen molar-refractivity contribution in [1.29, 1.82) is 0 Å². The highest BCUT2D eigenvalue weighted by molar-refractivity contribution is 6.03. The third-order valence-electron chi connectivity index (χ3n) is 2.30. The molecule has 0 radical (unpaired) electrons. The van der Waals surface area contributed by atoms with Crippen molar-refractivity contribution in [3.63, 3.8) is 0 Å². The minimum atomic E-state index is -4.95. The molecule has 0 aromatic rings. The average Bonchev–Trinajstić information content (AvgIpc) is 2.13. The van der Waals surface area contributed by atoms with Crippen molar-refractivity contribution in [2.45, 2.75) is 26.4 Å². The van der Waals surface area contributed by atoms with Crippen LogP contribution >= 0.6 is 0 Å². The highest BCUT2D eigenvalue weighted by Gasteiger charge is 2.63. The topological polar surface area (TPSA) is 43.4 Å². The van der Waals surface area contributed by atoms with E-state index in [-0.39, 0.29) is 6.61 Å². The second-order valence-electron chi connectivity index (χ2n) is 3.20.